The Morgan fingerprint density at radius 1 is 0.944 bits per heavy atom. The van der Waals surface area contributed by atoms with E-state index < -0.39 is 12.1 Å². The third-order valence-electron chi connectivity index (χ3n) is 6.89. The fourth-order valence-electron chi connectivity index (χ4n) is 5.03. The van der Waals surface area contributed by atoms with E-state index in [9.17, 15) is 14.4 Å². The van der Waals surface area contributed by atoms with Crippen LogP contribution in [-0.2, 0) is 27.3 Å². The molecule has 1 aliphatic rings. The summed E-state index contributed by atoms with van der Waals surface area (Å²) in [6, 6.07) is 22.7. The molecule has 1 aliphatic heterocycles. The minimum Gasteiger partial charge on any atom is -0.357 e. The van der Waals surface area contributed by atoms with Crippen molar-refractivity contribution in [3.8, 4) is 0 Å². The number of carbonyl (C=O) groups excluding carboxylic acids is 3. The average Bonchev–Trinajstić information content (AvgIpc) is 2.99. The Balaban J connectivity index is 1.66. The number of hydrogen-bond acceptors (Lipinski definition) is 3. The Morgan fingerprint density at radius 3 is 2.33 bits per heavy atom. The van der Waals surface area contributed by atoms with Crippen LogP contribution in [0.4, 0.5) is 0 Å². The van der Waals surface area contributed by atoms with Gasteiger partial charge < -0.3 is 15.1 Å². The standard InChI is InChI=1S/C30H35N3O3/c1-21(2)17-27-30(36)32(16-15-28(34)33(27)20-22-9-5-4-6-10-22)26(29(35)31-3)19-23-13-14-24-11-7-8-12-25(24)18-23/h4-14,18,21,26-27H,15-17,19-20H2,1-3H3,(H,31,35)/t26-,27-/m0/s1. The zero-order chi connectivity index (χ0) is 25.7. The second-order valence-corrected chi connectivity index (χ2v) is 9.95. The van der Waals surface area contributed by atoms with Gasteiger partial charge >= 0.3 is 0 Å². The third kappa shape index (κ3) is 5.76. The Hall–Kier alpha value is -3.67. The van der Waals surface area contributed by atoms with Crippen LogP contribution >= 0.6 is 0 Å². The van der Waals surface area contributed by atoms with Crippen molar-refractivity contribution < 1.29 is 14.4 Å². The molecule has 3 aromatic rings. The van der Waals surface area contributed by atoms with E-state index in [1.165, 1.54) is 0 Å². The molecule has 0 unspecified atom stereocenters. The van der Waals surface area contributed by atoms with Gasteiger partial charge in [0.1, 0.15) is 12.1 Å². The first kappa shape index (κ1) is 25.4. The SMILES string of the molecule is CNC(=O)[C@H](Cc1ccc2ccccc2c1)N1CCC(=O)N(Cc2ccccc2)[C@@H](CC(C)C)C1=O. The van der Waals surface area contributed by atoms with Crippen molar-refractivity contribution in [2.24, 2.45) is 5.92 Å². The van der Waals surface area contributed by atoms with Gasteiger partial charge in [-0.15, -0.1) is 0 Å². The van der Waals surface area contributed by atoms with Gasteiger partial charge in [-0.1, -0.05) is 86.6 Å². The van der Waals surface area contributed by atoms with Crippen LogP contribution in [-0.4, -0.2) is 53.2 Å². The largest absolute Gasteiger partial charge is 0.357 e. The first-order chi connectivity index (χ1) is 17.4. The quantitative estimate of drug-likeness (QED) is 0.521. The minimum absolute atomic E-state index is 0.0540. The Morgan fingerprint density at radius 2 is 1.64 bits per heavy atom. The number of hydrogen-bond donors (Lipinski definition) is 1. The molecule has 2 atom stereocenters. The summed E-state index contributed by atoms with van der Waals surface area (Å²) in [5, 5.41) is 4.97. The number of rotatable bonds is 8. The molecule has 0 spiro atoms. The van der Waals surface area contributed by atoms with Crippen LogP contribution in [0.25, 0.3) is 10.8 Å². The van der Waals surface area contributed by atoms with Gasteiger partial charge in [0.2, 0.25) is 17.7 Å². The van der Waals surface area contributed by atoms with Gasteiger partial charge in [0, 0.05) is 33.0 Å². The summed E-state index contributed by atoms with van der Waals surface area (Å²) in [4.78, 5) is 43.8. The van der Waals surface area contributed by atoms with Crippen molar-refractivity contribution in [3.05, 3.63) is 83.9 Å². The maximum atomic E-state index is 14.0. The summed E-state index contributed by atoms with van der Waals surface area (Å²) in [6.07, 6.45) is 1.13. The highest BCUT2D eigenvalue weighted by Crippen LogP contribution is 2.25. The number of fused-ring (bicyclic) bond motifs is 1. The monoisotopic (exact) mass is 485 g/mol. The second kappa shape index (κ2) is 11.4. The van der Waals surface area contributed by atoms with Crippen molar-refractivity contribution in [1.82, 2.24) is 15.1 Å². The Bertz CT molecular complexity index is 1220. The highest BCUT2D eigenvalue weighted by atomic mass is 16.2. The minimum atomic E-state index is -0.692. The van der Waals surface area contributed by atoms with Crippen LogP contribution in [0.5, 0.6) is 0 Å². The van der Waals surface area contributed by atoms with E-state index in [-0.39, 0.29) is 36.6 Å². The molecule has 0 saturated carbocycles. The summed E-state index contributed by atoms with van der Waals surface area (Å²) in [5.74, 6) is -0.214. The highest BCUT2D eigenvalue weighted by Gasteiger charge is 2.41. The van der Waals surface area contributed by atoms with Crippen molar-refractivity contribution in [2.45, 2.75) is 51.7 Å². The molecular weight excluding hydrogens is 450 g/mol. The molecule has 1 fully saturated rings. The van der Waals surface area contributed by atoms with Crippen molar-refractivity contribution >= 4 is 28.5 Å². The van der Waals surface area contributed by atoms with Gasteiger partial charge in [0.15, 0.2) is 0 Å². The molecule has 36 heavy (non-hydrogen) atoms. The van der Waals surface area contributed by atoms with Crippen LogP contribution in [0.1, 0.15) is 37.8 Å². The van der Waals surface area contributed by atoms with Crippen molar-refractivity contribution in [1.29, 1.82) is 0 Å². The topological polar surface area (TPSA) is 69.7 Å². The predicted molar refractivity (Wildman–Crippen MR) is 142 cm³/mol. The maximum absolute atomic E-state index is 14.0. The van der Waals surface area contributed by atoms with Crippen molar-refractivity contribution in [3.63, 3.8) is 0 Å². The molecule has 4 rings (SSSR count). The molecule has 0 radical (unpaired) electrons. The lowest BCUT2D eigenvalue weighted by Crippen LogP contribution is -2.54. The van der Waals surface area contributed by atoms with Gasteiger partial charge in [0.05, 0.1) is 0 Å². The smallest absolute Gasteiger partial charge is 0.246 e. The van der Waals surface area contributed by atoms with E-state index in [1.807, 2.05) is 60.7 Å². The van der Waals surface area contributed by atoms with E-state index in [0.717, 1.165) is 21.9 Å². The zero-order valence-electron chi connectivity index (χ0n) is 21.3. The molecule has 1 N–H and O–H groups in total. The molecule has 6 nitrogen and oxygen atoms in total. The van der Waals surface area contributed by atoms with Crippen LogP contribution in [0.15, 0.2) is 72.8 Å². The van der Waals surface area contributed by atoms with Crippen LogP contribution in [0.3, 0.4) is 0 Å². The fourth-order valence-corrected chi connectivity index (χ4v) is 5.03. The predicted octanol–water partition coefficient (Wildman–Crippen LogP) is 4.17. The average molecular weight is 486 g/mol. The number of likely N-dealkylation sites (N-methyl/N-ethyl adjacent to an activating group) is 1. The Kier molecular flexibility index (Phi) is 8.04. The second-order valence-electron chi connectivity index (χ2n) is 9.95. The molecule has 1 saturated heterocycles. The van der Waals surface area contributed by atoms with Gasteiger partial charge in [-0.2, -0.15) is 0 Å². The number of nitrogens with one attached hydrogen (secondary N) is 1. The number of benzene rings is 3. The summed E-state index contributed by atoms with van der Waals surface area (Å²) >= 11 is 0. The molecule has 3 aromatic carbocycles. The summed E-state index contributed by atoms with van der Waals surface area (Å²) in [7, 11) is 1.59. The number of carbonyl (C=O) groups is 3. The van der Waals surface area contributed by atoms with Crippen LogP contribution in [0.2, 0.25) is 0 Å². The first-order valence-electron chi connectivity index (χ1n) is 12.7. The van der Waals surface area contributed by atoms with Gasteiger partial charge in [-0.25, -0.2) is 0 Å². The van der Waals surface area contributed by atoms with E-state index in [1.54, 1.807) is 16.8 Å². The lowest BCUT2D eigenvalue weighted by Gasteiger charge is -2.35. The molecule has 0 aromatic heterocycles. The van der Waals surface area contributed by atoms with E-state index in [4.69, 9.17) is 0 Å². The van der Waals surface area contributed by atoms with Crippen LogP contribution in [0, 0.1) is 5.92 Å². The first-order valence-corrected chi connectivity index (χ1v) is 12.7. The fraction of sp³-hybridized carbons (Fsp3) is 0.367. The van der Waals surface area contributed by atoms with E-state index in [0.29, 0.717) is 19.4 Å². The molecule has 188 valence electrons. The van der Waals surface area contributed by atoms with Gasteiger partial charge in [-0.3, -0.25) is 14.4 Å². The highest BCUT2D eigenvalue weighted by molar-refractivity contribution is 5.94. The van der Waals surface area contributed by atoms with Gasteiger partial charge in [0.25, 0.3) is 0 Å². The normalized spacial score (nSPS) is 17.4. The molecule has 3 amide bonds. The lowest BCUT2D eigenvalue weighted by atomic mass is 9.97. The molecular formula is C30H35N3O3. The Labute approximate surface area is 213 Å². The lowest BCUT2D eigenvalue weighted by molar-refractivity contribution is -0.146. The molecule has 0 aliphatic carbocycles. The number of nitrogens with zero attached hydrogens (tertiary/aromatic N) is 2. The molecule has 1 heterocycles. The summed E-state index contributed by atoms with van der Waals surface area (Å²) < 4.78 is 0. The number of amides is 3. The van der Waals surface area contributed by atoms with E-state index >= 15 is 0 Å². The van der Waals surface area contributed by atoms with E-state index in [2.05, 4.69) is 31.3 Å². The molecule has 0 bridgehead atoms. The maximum Gasteiger partial charge on any atom is 0.246 e. The van der Waals surface area contributed by atoms with Gasteiger partial charge in [-0.05, 0) is 34.2 Å². The van der Waals surface area contributed by atoms with Crippen LogP contribution < -0.4 is 5.32 Å². The van der Waals surface area contributed by atoms with Crippen molar-refractivity contribution in [2.75, 3.05) is 13.6 Å². The zero-order valence-corrected chi connectivity index (χ0v) is 21.3. The third-order valence-corrected chi connectivity index (χ3v) is 6.89. The summed E-state index contributed by atoms with van der Waals surface area (Å²) in [5.41, 5.74) is 1.96. The summed E-state index contributed by atoms with van der Waals surface area (Å²) in [6.45, 7) is 4.72. The molecule has 6 heteroatoms.